The van der Waals surface area contributed by atoms with Crippen LogP contribution in [0.2, 0.25) is 0 Å². The lowest BCUT2D eigenvalue weighted by Crippen LogP contribution is -2.41. The van der Waals surface area contributed by atoms with Gasteiger partial charge in [0, 0.05) is 42.7 Å². The van der Waals surface area contributed by atoms with E-state index in [0.717, 1.165) is 62.2 Å². The number of carbonyl (C=O) groups is 1. The zero-order valence-corrected chi connectivity index (χ0v) is 22.8. The average molecular weight is 523 g/mol. The average Bonchev–Trinajstić information content (AvgIpc) is 3.25. The molecule has 3 fully saturated rings. The number of carbonyl (C=O) groups excluding carboxylic acids is 1. The van der Waals surface area contributed by atoms with Crippen LogP contribution in [0.4, 0.5) is 0 Å². The number of ether oxygens (including phenoxy) is 2. The number of aliphatic hydroxyl groups is 1. The minimum Gasteiger partial charge on any atom is -0.474 e. The van der Waals surface area contributed by atoms with Crippen molar-refractivity contribution < 1.29 is 19.4 Å². The van der Waals surface area contributed by atoms with Crippen LogP contribution in [0.25, 0.3) is 0 Å². The molecule has 2 aromatic rings. The third-order valence-electron chi connectivity index (χ3n) is 9.58. The summed E-state index contributed by atoms with van der Waals surface area (Å²) in [5.41, 5.74) is 4.40. The molecule has 2 aromatic heterocycles. The van der Waals surface area contributed by atoms with E-state index in [1.165, 1.54) is 24.1 Å². The third-order valence-corrected chi connectivity index (χ3v) is 9.58. The Kier molecular flexibility index (Phi) is 7.45. The maximum Gasteiger partial charge on any atom is 0.274 e. The Morgan fingerprint density at radius 2 is 1.92 bits per heavy atom. The summed E-state index contributed by atoms with van der Waals surface area (Å²) in [5, 5.41) is 14.0. The topological polar surface area (TPSA) is 89.7 Å². The number of piperidine rings is 1. The molecule has 6 rings (SSSR count). The molecule has 0 spiro atoms. The molecule has 1 aliphatic heterocycles. The smallest absolute Gasteiger partial charge is 0.274 e. The Bertz CT molecular complexity index is 1130. The van der Waals surface area contributed by atoms with E-state index < -0.39 is 0 Å². The number of rotatable bonds is 9. The number of hydrogen-bond donors (Lipinski definition) is 1. The van der Waals surface area contributed by atoms with Gasteiger partial charge in [-0.25, -0.2) is 4.98 Å². The van der Waals surface area contributed by atoms with Crippen LogP contribution >= 0.6 is 0 Å². The number of hydrogen-bond acceptors (Lipinski definition) is 6. The van der Waals surface area contributed by atoms with Crippen molar-refractivity contribution in [1.29, 1.82) is 0 Å². The van der Waals surface area contributed by atoms with Crippen LogP contribution in [0, 0.1) is 24.7 Å². The normalized spacial score (nSPS) is 28.7. The number of amides is 1. The Morgan fingerprint density at radius 3 is 2.66 bits per heavy atom. The fraction of sp³-hybridized carbons (Fsp3) is 0.700. The maximum atomic E-state index is 13.6. The molecule has 206 valence electrons. The molecule has 0 unspecified atom stereocenters. The van der Waals surface area contributed by atoms with E-state index in [1.54, 1.807) is 6.20 Å². The molecule has 0 radical (unpaired) electrons. The SMILES string of the molecule is Cc1cccnc1O[C@H]1CC[C@@H](CCn2nc(C(=O)N3CCC(OCCO)CC3)c3c2C[C@H]2[C@@H](C)[C@@H]32)CC1. The molecule has 3 heterocycles. The van der Waals surface area contributed by atoms with E-state index in [1.807, 2.05) is 11.0 Å². The van der Waals surface area contributed by atoms with Crippen LogP contribution in [0.5, 0.6) is 5.88 Å². The Labute approximate surface area is 225 Å². The monoisotopic (exact) mass is 522 g/mol. The van der Waals surface area contributed by atoms with Crippen LogP contribution in [0.15, 0.2) is 18.3 Å². The fourth-order valence-electron chi connectivity index (χ4n) is 7.17. The van der Waals surface area contributed by atoms with Crippen LogP contribution in [0.3, 0.4) is 0 Å². The van der Waals surface area contributed by atoms with E-state index in [-0.39, 0.29) is 24.7 Å². The maximum absolute atomic E-state index is 13.6. The quantitative estimate of drug-likeness (QED) is 0.533. The summed E-state index contributed by atoms with van der Waals surface area (Å²) in [4.78, 5) is 20.0. The van der Waals surface area contributed by atoms with Gasteiger partial charge < -0.3 is 19.5 Å². The molecule has 8 nitrogen and oxygen atoms in total. The molecule has 1 N–H and O–H groups in total. The van der Waals surface area contributed by atoms with E-state index in [2.05, 4.69) is 29.6 Å². The molecule has 1 amide bonds. The third kappa shape index (κ3) is 5.09. The van der Waals surface area contributed by atoms with Gasteiger partial charge in [0.1, 0.15) is 6.10 Å². The van der Waals surface area contributed by atoms with Gasteiger partial charge in [-0.2, -0.15) is 5.10 Å². The summed E-state index contributed by atoms with van der Waals surface area (Å²) in [6.07, 6.45) is 10.5. The highest BCUT2D eigenvalue weighted by atomic mass is 16.5. The number of pyridine rings is 1. The number of aromatic nitrogens is 3. The first-order valence-corrected chi connectivity index (χ1v) is 14.7. The molecule has 2 saturated carbocycles. The Hall–Kier alpha value is -2.45. The van der Waals surface area contributed by atoms with Crippen LogP contribution in [-0.2, 0) is 17.7 Å². The highest BCUT2D eigenvalue weighted by molar-refractivity contribution is 5.95. The molecule has 3 aliphatic carbocycles. The van der Waals surface area contributed by atoms with Gasteiger partial charge in [-0.1, -0.05) is 13.0 Å². The van der Waals surface area contributed by atoms with Gasteiger partial charge in [-0.3, -0.25) is 9.48 Å². The highest BCUT2D eigenvalue weighted by Crippen LogP contribution is 2.62. The highest BCUT2D eigenvalue weighted by Gasteiger charge is 2.56. The lowest BCUT2D eigenvalue weighted by atomic mass is 9.85. The van der Waals surface area contributed by atoms with Gasteiger partial charge in [-0.15, -0.1) is 0 Å². The summed E-state index contributed by atoms with van der Waals surface area (Å²) in [5.74, 6) is 3.43. The van der Waals surface area contributed by atoms with Crippen molar-refractivity contribution in [3.8, 4) is 5.88 Å². The van der Waals surface area contributed by atoms with E-state index in [0.29, 0.717) is 43.4 Å². The van der Waals surface area contributed by atoms with Gasteiger partial charge in [0.15, 0.2) is 5.69 Å². The van der Waals surface area contributed by atoms with Crippen molar-refractivity contribution in [2.24, 2.45) is 17.8 Å². The minimum absolute atomic E-state index is 0.0452. The van der Waals surface area contributed by atoms with Gasteiger partial charge in [0.2, 0.25) is 5.88 Å². The number of aryl methyl sites for hydroxylation is 2. The molecule has 1 saturated heterocycles. The standard InChI is InChI=1S/C30H42N4O4/c1-19-4-3-12-31-29(19)38-23-7-5-21(6-8-23)9-15-34-25-18-24-20(2)26(24)27(25)28(32-34)30(36)33-13-10-22(11-14-33)37-17-16-35/h3-4,12,20-24,26,35H,5-11,13-18H2,1-2H3/t20-,21-,23+,24+,26-/m1/s1. The largest absolute Gasteiger partial charge is 0.474 e. The second kappa shape index (κ2) is 11.0. The van der Waals surface area contributed by atoms with E-state index >= 15 is 0 Å². The van der Waals surface area contributed by atoms with Gasteiger partial charge in [-0.05, 0) is 88.0 Å². The van der Waals surface area contributed by atoms with Crippen LogP contribution in [0.1, 0.15) is 85.1 Å². The molecule has 8 heteroatoms. The zero-order valence-electron chi connectivity index (χ0n) is 22.8. The van der Waals surface area contributed by atoms with Crippen molar-refractivity contribution in [1.82, 2.24) is 19.7 Å². The van der Waals surface area contributed by atoms with Crippen molar-refractivity contribution in [2.45, 2.75) is 89.9 Å². The molecule has 0 aromatic carbocycles. The van der Waals surface area contributed by atoms with Gasteiger partial charge >= 0.3 is 0 Å². The fourth-order valence-corrected chi connectivity index (χ4v) is 7.17. The molecular formula is C30H42N4O4. The summed E-state index contributed by atoms with van der Waals surface area (Å²) in [6, 6.07) is 4.00. The van der Waals surface area contributed by atoms with Crippen molar-refractivity contribution in [3.63, 3.8) is 0 Å². The Balaban J connectivity index is 1.06. The van der Waals surface area contributed by atoms with Crippen LogP contribution in [-0.4, -0.2) is 69.2 Å². The molecule has 0 bridgehead atoms. The second-order valence-electron chi connectivity index (χ2n) is 11.9. The van der Waals surface area contributed by atoms with E-state index in [9.17, 15) is 4.79 Å². The first-order valence-electron chi connectivity index (χ1n) is 14.7. The van der Waals surface area contributed by atoms with Gasteiger partial charge in [0.05, 0.1) is 19.3 Å². The van der Waals surface area contributed by atoms with Gasteiger partial charge in [0.25, 0.3) is 5.91 Å². The number of nitrogens with zero attached hydrogens (tertiary/aromatic N) is 4. The van der Waals surface area contributed by atoms with Crippen LogP contribution < -0.4 is 4.74 Å². The molecular weight excluding hydrogens is 480 g/mol. The molecule has 3 atom stereocenters. The summed E-state index contributed by atoms with van der Waals surface area (Å²) in [6.45, 7) is 7.08. The first kappa shape index (κ1) is 25.8. The summed E-state index contributed by atoms with van der Waals surface area (Å²) < 4.78 is 14.1. The predicted octanol–water partition coefficient (Wildman–Crippen LogP) is 4.13. The molecule has 4 aliphatic rings. The number of fused-ring (bicyclic) bond motifs is 3. The Morgan fingerprint density at radius 1 is 1.13 bits per heavy atom. The number of aliphatic hydroxyl groups excluding tert-OH is 1. The summed E-state index contributed by atoms with van der Waals surface area (Å²) in [7, 11) is 0. The lowest BCUT2D eigenvalue weighted by Gasteiger charge is -2.31. The second-order valence-corrected chi connectivity index (χ2v) is 11.9. The minimum atomic E-state index is 0.0452. The zero-order chi connectivity index (χ0) is 26.2. The van der Waals surface area contributed by atoms with Crippen molar-refractivity contribution in [3.05, 3.63) is 40.8 Å². The lowest BCUT2D eigenvalue weighted by molar-refractivity contribution is -0.00568. The van der Waals surface area contributed by atoms with E-state index in [4.69, 9.17) is 19.7 Å². The summed E-state index contributed by atoms with van der Waals surface area (Å²) >= 11 is 0. The van der Waals surface area contributed by atoms with Crippen molar-refractivity contribution >= 4 is 5.91 Å². The van der Waals surface area contributed by atoms with Crippen molar-refractivity contribution in [2.75, 3.05) is 26.3 Å². The predicted molar refractivity (Wildman–Crippen MR) is 143 cm³/mol. The molecule has 38 heavy (non-hydrogen) atoms. The first-order chi connectivity index (χ1) is 18.5. The number of likely N-dealkylation sites (tertiary alicyclic amines) is 1.